The molecule has 1 aromatic carbocycles. The van der Waals surface area contributed by atoms with Crippen LogP contribution >= 0.6 is 7.81 Å². The molecule has 1 N–H and O–H groups in total. The van der Waals surface area contributed by atoms with Crippen molar-refractivity contribution in [2.45, 2.75) is 12.6 Å². The monoisotopic (exact) mass is 348 g/mol. The van der Waals surface area contributed by atoms with Gasteiger partial charge in [-0.25, -0.2) is 9.13 Å². The first-order valence-electron chi connectivity index (χ1n) is 6.01. The summed E-state index contributed by atoms with van der Waals surface area (Å²) in [7, 11) is -8.69. The molecule has 0 fully saturated rings. The number of imidazole rings is 1. The molecule has 0 unspecified atom stereocenters. The van der Waals surface area contributed by atoms with Crippen LogP contribution in [0.1, 0.15) is 11.7 Å². The molecule has 0 aliphatic heterocycles. The van der Waals surface area contributed by atoms with Gasteiger partial charge in [0.1, 0.15) is 25.0 Å². The third-order valence-electron chi connectivity index (χ3n) is 2.39. The average molecular weight is 348 g/mol. The van der Waals surface area contributed by atoms with Gasteiger partial charge in [0.25, 0.3) is 0 Å². The first kappa shape index (κ1) is 18.4. The van der Waals surface area contributed by atoms with Crippen molar-refractivity contribution >= 4 is 7.81 Å². The zero-order chi connectivity index (χ0) is 17.1. The van der Waals surface area contributed by atoms with Gasteiger partial charge in [-0.3, -0.25) is 0 Å². The molecule has 1 atom stereocenters. The molecule has 1 heterocycles. The van der Waals surface area contributed by atoms with Crippen LogP contribution in [0, 0.1) is 0 Å². The summed E-state index contributed by atoms with van der Waals surface area (Å²) < 4.78 is 63.1. The molecule has 3 nitrogen and oxygen atoms in total. The van der Waals surface area contributed by atoms with E-state index in [2.05, 4.69) is 0 Å². The fourth-order valence-corrected chi connectivity index (χ4v) is 1.59. The van der Waals surface area contributed by atoms with Crippen LogP contribution in [-0.2, 0) is 13.6 Å². The number of hydrogen-bond acceptors (Lipinski definition) is 1. The van der Waals surface area contributed by atoms with E-state index in [9.17, 15) is 30.3 Å². The Morgan fingerprint density at radius 2 is 1.59 bits per heavy atom. The second kappa shape index (κ2) is 5.55. The number of aromatic nitrogens is 2. The maximum absolute atomic E-state index is 10.7. The molecule has 0 saturated carbocycles. The topological polar surface area (TPSA) is 29.0 Å². The van der Waals surface area contributed by atoms with Gasteiger partial charge in [0, 0.05) is 0 Å². The molecule has 22 heavy (non-hydrogen) atoms. The Morgan fingerprint density at radius 3 is 2.00 bits per heavy atom. The number of benzene rings is 1. The van der Waals surface area contributed by atoms with Crippen molar-refractivity contribution in [1.82, 2.24) is 4.57 Å². The number of hydrogen-bond donors (Lipinski definition) is 1. The molecular formula is C12H15F6N2OP. The van der Waals surface area contributed by atoms with E-state index in [1.165, 1.54) is 0 Å². The third kappa shape index (κ3) is 10.2. The predicted molar refractivity (Wildman–Crippen MR) is 70.6 cm³/mol. The Kier molecular flexibility index (Phi) is 4.65. The van der Waals surface area contributed by atoms with Gasteiger partial charge in [-0.05, 0) is 5.56 Å². The van der Waals surface area contributed by atoms with Gasteiger partial charge in [-0.1, -0.05) is 30.3 Å². The quantitative estimate of drug-likeness (QED) is 0.496. The number of aryl methyl sites for hydroxylation is 1. The van der Waals surface area contributed by atoms with Gasteiger partial charge < -0.3 is 5.11 Å². The average Bonchev–Trinajstić information content (AvgIpc) is 2.72. The molecule has 0 saturated heterocycles. The molecule has 2 rings (SSSR count). The number of aliphatic hydroxyl groups is 1. The van der Waals surface area contributed by atoms with Crippen molar-refractivity contribution in [3.05, 3.63) is 54.6 Å². The number of halogens is 6. The van der Waals surface area contributed by atoms with Crippen LogP contribution in [0.3, 0.4) is 0 Å². The van der Waals surface area contributed by atoms with E-state index in [0.29, 0.717) is 6.54 Å². The van der Waals surface area contributed by atoms with Crippen molar-refractivity contribution in [3.63, 3.8) is 0 Å². The van der Waals surface area contributed by atoms with Crippen LogP contribution in [-0.4, -0.2) is 9.67 Å². The van der Waals surface area contributed by atoms with Gasteiger partial charge in [0.2, 0.25) is 6.33 Å². The fourth-order valence-electron chi connectivity index (χ4n) is 1.59. The van der Waals surface area contributed by atoms with Gasteiger partial charge in [-0.15, -0.1) is 0 Å². The zero-order valence-corrected chi connectivity index (χ0v) is 12.4. The summed E-state index contributed by atoms with van der Waals surface area (Å²) in [6, 6.07) is 9.70. The van der Waals surface area contributed by atoms with E-state index >= 15 is 0 Å². The van der Waals surface area contributed by atoms with Crippen LogP contribution in [0.25, 0.3) is 0 Å². The van der Waals surface area contributed by atoms with E-state index < -0.39 is 13.9 Å². The first-order chi connectivity index (χ1) is 9.70. The van der Waals surface area contributed by atoms with E-state index in [-0.39, 0.29) is 0 Å². The summed E-state index contributed by atoms with van der Waals surface area (Å²) in [5.74, 6) is 0. The summed E-state index contributed by atoms with van der Waals surface area (Å²) in [5.41, 5.74) is 0.953. The van der Waals surface area contributed by atoms with E-state index in [1.807, 2.05) is 65.2 Å². The van der Waals surface area contributed by atoms with Crippen LogP contribution in [0.15, 0.2) is 49.1 Å². The summed E-state index contributed by atoms with van der Waals surface area (Å²) in [6.45, 7) is 0.588. The van der Waals surface area contributed by atoms with Crippen molar-refractivity contribution in [1.29, 1.82) is 0 Å². The van der Waals surface area contributed by atoms with Crippen molar-refractivity contribution < 1.29 is 34.9 Å². The van der Waals surface area contributed by atoms with Gasteiger partial charge >= 0.3 is 33.0 Å². The van der Waals surface area contributed by atoms with Crippen molar-refractivity contribution in [2.24, 2.45) is 7.05 Å². The second-order valence-electron chi connectivity index (χ2n) is 4.66. The van der Waals surface area contributed by atoms with Crippen LogP contribution in [0.5, 0.6) is 0 Å². The Hall–Kier alpha value is -1.60. The van der Waals surface area contributed by atoms with Gasteiger partial charge in [-0.2, -0.15) is 0 Å². The Labute approximate surface area is 122 Å². The van der Waals surface area contributed by atoms with Crippen LogP contribution in [0.2, 0.25) is 0 Å². The zero-order valence-electron chi connectivity index (χ0n) is 11.5. The molecule has 0 radical (unpaired) electrons. The molecule has 126 valence electrons. The molecule has 1 aromatic heterocycles. The van der Waals surface area contributed by atoms with Gasteiger partial charge in [0.15, 0.2) is 0 Å². The number of rotatable bonds is 3. The number of nitrogens with zero attached hydrogens (tertiary/aromatic N) is 2. The molecule has 2 aromatic rings. The molecule has 10 heteroatoms. The third-order valence-corrected chi connectivity index (χ3v) is 2.39. The van der Waals surface area contributed by atoms with E-state index in [1.54, 1.807) is 0 Å². The predicted octanol–water partition coefficient (Wildman–Crippen LogP) is 4.43. The van der Waals surface area contributed by atoms with E-state index in [0.717, 1.165) is 5.56 Å². The summed E-state index contributed by atoms with van der Waals surface area (Å²) in [4.78, 5) is 0. The van der Waals surface area contributed by atoms with Crippen molar-refractivity contribution in [3.8, 4) is 0 Å². The second-order valence-corrected chi connectivity index (χ2v) is 6.58. The Bertz CT molecular complexity index is 599. The van der Waals surface area contributed by atoms with Crippen LogP contribution < -0.4 is 4.57 Å². The summed E-state index contributed by atoms with van der Waals surface area (Å²) in [5, 5.41) is 9.95. The molecular weight excluding hydrogens is 333 g/mol. The first-order valence-corrected chi connectivity index (χ1v) is 8.04. The minimum atomic E-state index is -10.7. The Morgan fingerprint density at radius 1 is 1.09 bits per heavy atom. The SMILES string of the molecule is C[n+]1ccn(C[C@H](O)c2ccccc2)c1.F[P-](F)(F)(F)(F)F. The summed E-state index contributed by atoms with van der Waals surface area (Å²) in [6.07, 6.45) is 5.41. The minimum absolute atomic E-state index is 0.446. The Balaban J connectivity index is 0.000000295. The van der Waals surface area contributed by atoms with E-state index in [4.69, 9.17) is 0 Å². The fraction of sp³-hybridized carbons (Fsp3) is 0.250. The normalized spacial score (nSPS) is 16.0. The molecule has 0 amide bonds. The number of aliphatic hydroxyl groups excluding tert-OH is 1. The molecule has 0 aliphatic carbocycles. The standard InChI is InChI=1S/C12H15N2O.F6P/c1-13-7-8-14(10-13)9-12(15)11-5-3-2-4-6-11;1-7(2,3,4,5)6/h2-8,10,12,15H,9H2,1H3;/q+1;-1/t12-;/m0./s1. The molecule has 0 spiro atoms. The van der Waals surface area contributed by atoms with Gasteiger partial charge in [0.05, 0.1) is 7.05 Å². The summed E-state index contributed by atoms with van der Waals surface area (Å²) >= 11 is 0. The maximum atomic E-state index is 9.95. The van der Waals surface area contributed by atoms with Crippen LogP contribution in [0.4, 0.5) is 25.2 Å². The van der Waals surface area contributed by atoms with Crippen molar-refractivity contribution in [2.75, 3.05) is 0 Å². The molecule has 0 bridgehead atoms. The molecule has 0 aliphatic rings.